The molecule has 1 unspecified atom stereocenters. The third kappa shape index (κ3) is 4.78. The Morgan fingerprint density at radius 3 is 1.84 bits per heavy atom. The molecule has 2 aromatic heterocycles. The molecule has 12 rings (SSSR count). The van der Waals surface area contributed by atoms with Crippen molar-refractivity contribution in [1.82, 2.24) is 15.0 Å². The number of hydrogen-bond acceptors (Lipinski definition) is 4. The zero-order valence-corrected chi connectivity index (χ0v) is 31.9. The molecule has 4 heteroatoms. The Morgan fingerprint density at radius 1 is 0.421 bits per heavy atom. The van der Waals surface area contributed by atoms with Gasteiger partial charge in [-0.25, -0.2) is 9.97 Å². The number of aryl methyl sites for hydroxylation is 1. The maximum Gasteiger partial charge on any atom is 0.160 e. The van der Waals surface area contributed by atoms with E-state index < -0.39 is 5.41 Å². The van der Waals surface area contributed by atoms with Crippen molar-refractivity contribution in [2.45, 2.75) is 22.1 Å². The average molecular weight is 744 g/mol. The molecule has 1 atom stereocenters. The number of fused-ring (bicyclic) bond motifs is 8. The molecule has 0 amide bonds. The van der Waals surface area contributed by atoms with E-state index in [0.29, 0.717) is 5.82 Å². The van der Waals surface area contributed by atoms with Gasteiger partial charge in [0.25, 0.3) is 0 Å². The minimum atomic E-state index is -0.552. The normalized spacial score (nSPS) is 15.1. The summed E-state index contributed by atoms with van der Waals surface area (Å²) in [6.07, 6.45) is 1.95. The number of hydrogen-bond donors (Lipinski definition) is 0. The van der Waals surface area contributed by atoms with Crippen LogP contribution in [0.5, 0.6) is 0 Å². The van der Waals surface area contributed by atoms with E-state index in [-0.39, 0.29) is 0 Å². The number of benzene rings is 7. The van der Waals surface area contributed by atoms with Crippen LogP contribution in [-0.2, 0) is 5.41 Å². The van der Waals surface area contributed by atoms with Gasteiger partial charge in [0.15, 0.2) is 5.82 Å². The van der Waals surface area contributed by atoms with Crippen molar-refractivity contribution in [1.29, 1.82) is 0 Å². The molecule has 266 valence electrons. The molecule has 9 aromatic rings. The van der Waals surface area contributed by atoms with Gasteiger partial charge in [-0.15, -0.1) is 0 Å². The fraction of sp³-hybridized carbons (Fsp3) is 0.0377. The SMILES string of the molecule is Cc1ccnc2c1-c1ccc3c(c1)C1(c4ccccc4S3)c3cc(-c4nc(-c5ccccc5)cc(-c5cccc(-c6ccccc6)c5)n4)ccc3-c3ccc-2cc31. The van der Waals surface area contributed by atoms with E-state index >= 15 is 0 Å². The van der Waals surface area contributed by atoms with Crippen molar-refractivity contribution < 1.29 is 0 Å². The van der Waals surface area contributed by atoms with E-state index in [1.165, 1.54) is 65.4 Å². The molecule has 3 heterocycles. The lowest BCUT2D eigenvalue weighted by molar-refractivity contribution is 0.723. The molecule has 4 bridgehead atoms. The molecule has 0 fully saturated rings. The maximum absolute atomic E-state index is 5.38. The van der Waals surface area contributed by atoms with Crippen molar-refractivity contribution in [2.24, 2.45) is 0 Å². The summed E-state index contributed by atoms with van der Waals surface area (Å²) in [4.78, 5) is 18.3. The summed E-state index contributed by atoms with van der Waals surface area (Å²) in [6, 6.07) is 63.9. The third-order valence-corrected chi connectivity index (χ3v) is 13.2. The van der Waals surface area contributed by atoms with E-state index in [9.17, 15) is 0 Å². The topological polar surface area (TPSA) is 38.7 Å². The number of nitrogens with zero attached hydrogens (tertiary/aromatic N) is 3. The van der Waals surface area contributed by atoms with Crippen LogP contribution >= 0.6 is 11.8 Å². The van der Waals surface area contributed by atoms with Crippen molar-refractivity contribution in [3.8, 4) is 78.5 Å². The smallest absolute Gasteiger partial charge is 0.160 e. The summed E-state index contributed by atoms with van der Waals surface area (Å²) in [5.41, 5.74) is 20.1. The van der Waals surface area contributed by atoms with Crippen LogP contribution in [0, 0.1) is 6.92 Å². The number of aromatic nitrogens is 3. The van der Waals surface area contributed by atoms with Gasteiger partial charge in [0.1, 0.15) is 0 Å². The molecule has 1 aliphatic heterocycles. The summed E-state index contributed by atoms with van der Waals surface area (Å²) >= 11 is 1.87. The van der Waals surface area contributed by atoms with Gasteiger partial charge in [-0.05, 0) is 111 Å². The van der Waals surface area contributed by atoms with E-state index in [4.69, 9.17) is 15.0 Å². The molecule has 0 radical (unpaired) electrons. The zero-order chi connectivity index (χ0) is 37.7. The van der Waals surface area contributed by atoms with Gasteiger partial charge < -0.3 is 0 Å². The first-order valence-corrected chi connectivity index (χ1v) is 20.2. The van der Waals surface area contributed by atoms with Crippen LogP contribution in [0.4, 0.5) is 0 Å². The van der Waals surface area contributed by atoms with Crippen molar-refractivity contribution in [3.05, 3.63) is 210 Å². The molecule has 57 heavy (non-hydrogen) atoms. The van der Waals surface area contributed by atoms with Crippen LogP contribution < -0.4 is 0 Å². The zero-order valence-electron chi connectivity index (χ0n) is 31.1. The molecule has 0 saturated heterocycles. The van der Waals surface area contributed by atoms with Crippen LogP contribution in [0.25, 0.3) is 78.5 Å². The molecule has 2 aliphatic carbocycles. The van der Waals surface area contributed by atoms with Crippen LogP contribution in [0.1, 0.15) is 27.8 Å². The standard InChI is InChI=1S/C53H33N3S/c1-32-25-26-54-51-38-19-22-40-41-23-20-39(30-44(41)53(43(40)29-38)42-17-8-9-18-48(42)57-49-24-21-37(50(32)51)28-45(49)53)52-55-46(34-13-6-3-7-14-34)31-47(56-52)36-16-10-15-35(27-36)33-11-4-2-5-12-33/h2-31H,1H3. The summed E-state index contributed by atoms with van der Waals surface area (Å²) < 4.78 is 0. The summed E-state index contributed by atoms with van der Waals surface area (Å²) in [5, 5.41) is 0. The van der Waals surface area contributed by atoms with Gasteiger partial charge in [-0.2, -0.15) is 0 Å². The van der Waals surface area contributed by atoms with Gasteiger partial charge in [0.2, 0.25) is 0 Å². The van der Waals surface area contributed by atoms with Crippen LogP contribution in [0.15, 0.2) is 192 Å². The van der Waals surface area contributed by atoms with Gasteiger partial charge in [-0.1, -0.05) is 139 Å². The molecule has 3 aliphatic rings. The molecule has 0 N–H and O–H groups in total. The molecule has 1 spiro atoms. The molecular weight excluding hydrogens is 711 g/mol. The average Bonchev–Trinajstić information content (AvgIpc) is 3.57. The van der Waals surface area contributed by atoms with Crippen LogP contribution in [-0.4, -0.2) is 15.0 Å². The van der Waals surface area contributed by atoms with E-state index in [0.717, 1.165) is 44.9 Å². The van der Waals surface area contributed by atoms with Gasteiger partial charge in [0, 0.05) is 43.8 Å². The lowest BCUT2D eigenvalue weighted by Gasteiger charge is -2.40. The second kappa shape index (κ2) is 12.3. The number of rotatable bonds is 4. The Balaban J connectivity index is 1.12. The maximum atomic E-state index is 5.38. The van der Waals surface area contributed by atoms with Crippen molar-refractivity contribution in [3.63, 3.8) is 0 Å². The summed E-state index contributed by atoms with van der Waals surface area (Å²) in [5.74, 6) is 0.704. The summed E-state index contributed by atoms with van der Waals surface area (Å²) in [6.45, 7) is 2.20. The van der Waals surface area contributed by atoms with Crippen molar-refractivity contribution in [2.75, 3.05) is 0 Å². The predicted molar refractivity (Wildman–Crippen MR) is 232 cm³/mol. The Hall–Kier alpha value is -6.88. The minimum Gasteiger partial charge on any atom is -0.256 e. The van der Waals surface area contributed by atoms with Gasteiger partial charge in [-0.3, -0.25) is 4.98 Å². The van der Waals surface area contributed by atoms with Crippen LogP contribution in [0.3, 0.4) is 0 Å². The second-order valence-corrected chi connectivity index (χ2v) is 16.3. The second-order valence-electron chi connectivity index (χ2n) is 15.2. The summed E-state index contributed by atoms with van der Waals surface area (Å²) in [7, 11) is 0. The Morgan fingerprint density at radius 2 is 1.04 bits per heavy atom. The fourth-order valence-electron chi connectivity index (χ4n) is 9.50. The van der Waals surface area contributed by atoms with E-state index in [2.05, 4.69) is 183 Å². The van der Waals surface area contributed by atoms with Gasteiger partial charge >= 0.3 is 0 Å². The largest absolute Gasteiger partial charge is 0.256 e. The Labute approximate surface area is 335 Å². The lowest BCUT2D eigenvalue weighted by atomic mass is 9.67. The van der Waals surface area contributed by atoms with Crippen LogP contribution in [0.2, 0.25) is 0 Å². The van der Waals surface area contributed by atoms with Gasteiger partial charge in [0.05, 0.1) is 22.5 Å². The highest BCUT2D eigenvalue weighted by Crippen LogP contribution is 2.64. The Bertz CT molecular complexity index is 3120. The lowest BCUT2D eigenvalue weighted by Crippen LogP contribution is -2.32. The third-order valence-electron chi connectivity index (χ3n) is 12.1. The number of pyridine rings is 1. The molecule has 7 aromatic carbocycles. The first-order chi connectivity index (χ1) is 28.1. The first kappa shape index (κ1) is 32.4. The quantitative estimate of drug-likeness (QED) is 0.180. The van der Waals surface area contributed by atoms with E-state index in [1.54, 1.807) is 0 Å². The van der Waals surface area contributed by atoms with E-state index in [1.807, 2.05) is 18.0 Å². The first-order valence-electron chi connectivity index (χ1n) is 19.4. The monoisotopic (exact) mass is 743 g/mol. The van der Waals surface area contributed by atoms with Crippen molar-refractivity contribution >= 4 is 11.8 Å². The highest BCUT2D eigenvalue weighted by molar-refractivity contribution is 7.99. The molecular formula is C53H33N3S. The highest BCUT2D eigenvalue weighted by atomic mass is 32.2. The molecule has 0 saturated carbocycles. The highest BCUT2D eigenvalue weighted by Gasteiger charge is 2.51. The predicted octanol–water partition coefficient (Wildman–Crippen LogP) is 13.3. The minimum absolute atomic E-state index is 0.552. The Kier molecular flexibility index (Phi) is 6.99. The molecule has 3 nitrogen and oxygen atoms in total. The fourth-order valence-corrected chi connectivity index (χ4v) is 10.7.